The summed E-state index contributed by atoms with van der Waals surface area (Å²) >= 11 is 3.48. The third kappa shape index (κ3) is 3.18. The molecule has 0 atom stereocenters. The molecule has 0 saturated carbocycles. The molecule has 130 valence electrons. The van der Waals surface area contributed by atoms with Gasteiger partial charge in [0, 0.05) is 29.8 Å². The Hall–Kier alpha value is -1.85. The summed E-state index contributed by atoms with van der Waals surface area (Å²) in [6, 6.07) is 18.8. The number of piperidine rings is 1. The number of halogens is 1. The number of benzene rings is 2. The van der Waals surface area contributed by atoms with Crippen LogP contribution in [0.3, 0.4) is 0 Å². The number of amides is 1. The number of rotatable bonds is 3. The van der Waals surface area contributed by atoms with Gasteiger partial charge in [-0.1, -0.05) is 46.3 Å². The van der Waals surface area contributed by atoms with Crippen LogP contribution in [0, 0.1) is 0 Å². The molecular weight excluding hydrogens is 378 g/mol. The highest BCUT2D eigenvalue weighted by Gasteiger charge is 2.50. The zero-order chi connectivity index (χ0) is 17.3. The third-order valence-electron chi connectivity index (χ3n) is 5.41. The Kier molecular flexibility index (Phi) is 4.52. The summed E-state index contributed by atoms with van der Waals surface area (Å²) in [6.45, 7) is 3.42. The molecule has 4 nitrogen and oxygen atoms in total. The average Bonchev–Trinajstić information content (AvgIpc) is 2.96. The van der Waals surface area contributed by atoms with Gasteiger partial charge in [-0.25, -0.2) is 0 Å². The van der Waals surface area contributed by atoms with Crippen molar-refractivity contribution in [3.05, 3.63) is 64.6 Å². The first kappa shape index (κ1) is 16.6. The first-order chi connectivity index (χ1) is 12.2. The maximum atomic E-state index is 12.7. The Morgan fingerprint density at radius 2 is 1.68 bits per heavy atom. The third-order valence-corrected chi connectivity index (χ3v) is 5.94. The molecule has 0 radical (unpaired) electrons. The summed E-state index contributed by atoms with van der Waals surface area (Å²) in [6.07, 6.45) is 1.73. The lowest BCUT2D eigenvalue weighted by Crippen LogP contribution is -2.56. The zero-order valence-electron chi connectivity index (χ0n) is 14.1. The summed E-state index contributed by atoms with van der Waals surface area (Å²) in [7, 11) is 0. The molecule has 2 aliphatic heterocycles. The van der Waals surface area contributed by atoms with Crippen molar-refractivity contribution in [2.75, 3.05) is 24.7 Å². The fourth-order valence-corrected chi connectivity index (χ4v) is 4.23. The zero-order valence-corrected chi connectivity index (χ0v) is 15.7. The van der Waals surface area contributed by atoms with Gasteiger partial charge in [-0.3, -0.25) is 9.69 Å². The van der Waals surface area contributed by atoms with Crippen LogP contribution in [0.1, 0.15) is 18.4 Å². The Bertz CT molecular complexity index is 739. The topological polar surface area (TPSA) is 35.6 Å². The first-order valence-electron chi connectivity index (χ1n) is 8.75. The minimum absolute atomic E-state index is 0.180. The van der Waals surface area contributed by atoms with Crippen LogP contribution in [0.4, 0.5) is 5.69 Å². The van der Waals surface area contributed by atoms with E-state index in [9.17, 15) is 4.79 Å². The lowest BCUT2D eigenvalue weighted by Gasteiger charge is -2.43. The largest absolute Gasteiger partial charge is 0.339 e. The monoisotopic (exact) mass is 399 g/mol. The second kappa shape index (κ2) is 6.81. The molecule has 4 rings (SSSR count). The van der Waals surface area contributed by atoms with Gasteiger partial charge in [0.05, 0.1) is 6.67 Å². The first-order valence-corrected chi connectivity index (χ1v) is 9.54. The molecule has 2 heterocycles. The summed E-state index contributed by atoms with van der Waals surface area (Å²) in [5.74, 6) is 0.180. The van der Waals surface area contributed by atoms with Gasteiger partial charge in [0.25, 0.3) is 0 Å². The smallest absolute Gasteiger partial charge is 0.247 e. The standard InChI is InChI=1S/C20H22BrN3O/c21-17-8-6-16(7-9-17)14-23-12-10-20(11-13-23)19(25)22-15-24(20)18-4-2-1-3-5-18/h1-9H,10-15H2,(H,22,25). The van der Waals surface area contributed by atoms with Crippen LogP contribution in [-0.2, 0) is 11.3 Å². The van der Waals surface area contributed by atoms with Gasteiger partial charge in [-0.2, -0.15) is 0 Å². The molecule has 0 aliphatic carbocycles. The van der Waals surface area contributed by atoms with E-state index in [-0.39, 0.29) is 5.91 Å². The Morgan fingerprint density at radius 1 is 1.00 bits per heavy atom. The predicted octanol–water partition coefficient (Wildman–Crippen LogP) is 3.38. The summed E-state index contributed by atoms with van der Waals surface area (Å²) < 4.78 is 1.11. The van der Waals surface area contributed by atoms with Crippen LogP contribution >= 0.6 is 15.9 Å². The number of likely N-dealkylation sites (tertiary alicyclic amines) is 1. The fourth-order valence-electron chi connectivity index (χ4n) is 3.96. The molecular formula is C20H22BrN3O. The maximum Gasteiger partial charge on any atom is 0.247 e. The molecule has 2 aromatic carbocycles. The molecule has 0 aromatic heterocycles. The maximum absolute atomic E-state index is 12.7. The van der Waals surface area contributed by atoms with E-state index in [2.05, 4.69) is 67.4 Å². The van der Waals surface area contributed by atoms with E-state index in [0.29, 0.717) is 6.67 Å². The van der Waals surface area contributed by atoms with E-state index in [1.54, 1.807) is 0 Å². The van der Waals surface area contributed by atoms with Crippen molar-refractivity contribution in [1.82, 2.24) is 10.2 Å². The quantitative estimate of drug-likeness (QED) is 0.858. The van der Waals surface area contributed by atoms with Gasteiger partial charge < -0.3 is 10.2 Å². The molecule has 1 spiro atoms. The van der Waals surface area contributed by atoms with Crippen molar-refractivity contribution in [1.29, 1.82) is 0 Å². The molecule has 1 amide bonds. The van der Waals surface area contributed by atoms with E-state index in [4.69, 9.17) is 0 Å². The number of para-hydroxylation sites is 1. The highest BCUT2D eigenvalue weighted by atomic mass is 79.9. The van der Waals surface area contributed by atoms with Gasteiger partial charge in [-0.15, -0.1) is 0 Å². The van der Waals surface area contributed by atoms with E-state index in [0.717, 1.165) is 42.6 Å². The molecule has 2 aliphatic rings. The summed E-state index contributed by atoms with van der Waals surface area (Å²) in [4.78, 5) is 17.4. The SMILES string of the molecule is O=C1NCN(c2ccccc2)C12CCN(Cc1ccc(Br)cc1)CC2. The molecule has 1 N–H and O–H groups in total. The van der Waals surface area contributed by atoms with Gasteiger partial charge in [0.1, 0.15) is 5.54 Å². The highest BCUT2D eigenvalue weighted by molar-refractivity contribution is 9.10. The van der Waals surface area contributed by atoms with Gasteiger partial charge in [0.15, 0.2) is 0 Å². The van der Waals surface area contributed by atoms with E-state index < -0.39 is 5.54 Å². The number of nitrogens with zero attached hydrogens (tertiary/aromatic N) is 2. The summed E-state index contributed by atoms with van der Waals surface area (Å²) in [5.41, 5.74) is 2.05. The van der Waals surface area contributed by atoms with Gasteiger partial charge in [-0.05, 0) is 42.7 Å². The molecule has 0 bridgehead atoms. The van der Waals surface area contributed by atoms with Crippen molar-refractivity contribution >= 4 is 27.5 Å². The number of hydrogen-bond acceptors (Lipinski definition) is 3. The Labute approximate surface area is 156 Å². The van der Waals surface area contributed by atoms with Crippen molar-refractivity contribution < 1.29 is 4.79 Å². The van der Waals surface area contributed by atoms with E-state index in [1.807, 2.05) is 18.2 Å². The minimum Gasteiger partial charge on any atom is -0.339 e. The van der Waals surface area contributed by atoms with Crippen molar-refractivity contribution in [2.45, 2.75) is 24.9 Å². The fraction of sp³-hybridized carbons (Fsp3) is 0.350. The van der Waals surface area contributed by atoms with E-state index >= 15 is 0 Å². The number of nitrogens with one attached hydrogen (secondary N) is 1. The highest BCUT2D eigenvalue weighted by Crippen LogP contribution is 2.36. The van der Waals surface area contributed by atoms with Gasteiger partial charge >= 0.3 is 0 Å². The number of carbonyl (C=O) groups excluding carboxylic acids is 1. The average molecular weight is 400 g/mol. The van der Waals surface area contributed by atoms with Crippen molar-refractivity contribution in [2.24, 2.45) is 0 Å². The summed E-state index contributed by atoms with van der Waals surface area (Å²) in [5, 5.41) is 3.06. The van der Waals surface area contributed by atoms with E-state index in [1.165, 1.54) is 5.56 Å². The van der Waals surface area contributed by atoms with Crippen LogP contribution in [0.2, 0.25) is 0 Å². The van der Waals surface area contributed by atoms with Crippen molar-refractivity contribution in [3.63, 3.8) is 0 Å². The molecule has 2 fully saturated rings. The molecule has 5 heteroatoms. The minimum atomic E-state index is -0.391. The normalized spacial score (nSPS) is 20.0. The van der Waals surface area contributed by atoms with Gasteiger partial charge in [0.2, 0.25) is 5.91 Å². The number of hydrogen-bond donors (Lipinski definition) is 1. The molecule has 2 aromatic rings. The Morgan fingerprint density at radius 3 is 2.36 bits per heavy atom. The number of carbonyl (C=O) groups is 1. The molecule has 0 unspecified atom stereocenters. The Balaban J connectivity index is 1.47. The van der Waals surface area contributed by atoms with Crippen LogP contribution < -0.4 is 10.2 Å². The van der Waals surface area contributed by atoms with Crippen LogP contribution in [-0.4, -0.2) is 36.1 Å². The second-order valence-corrected chi connectivity index (χ2v) is 7.78. The lowest BCUT2D eigenvalue weighted by atomic mass is 9.85. The lowest BCUT2D eigenvalue weighted by molar-refractivity contribution is -0.125. The second-order valence-electron chi connectivity index (χ2n) is 6.86. The number of anilines is 1. The van der Waals surface area contributed by atoms with Crippen LogP contribution in [0.15, 0.2) is 59.1 Å². The van der Waals surface area contributed by atoms with Crippen LogP contribution in [0.25, 0.3) is 0 Å². The van der Waals surface area contributed by atoms with Crippen LogP contribution in [0.5, 0.6) is 0 Å². The van der Waals surface area contributed by atoms with Crippen molar-refractivity contribution in [3.8, 4) is 0 Å². The molecule has 2 saturated heterocycles. The molecule has 25 heavy (non-hydrogen) atoms. The predicted molar refractivity (Wildman–Crippen MR) is 103 cm³/mol.